The van der Waals surface area contributed by atoms with Crippen molar-refractivity contribution in [3.05, 3.63) is 59.7 Å². The molecule has 0 atom stereocenters. The quantitative estimate of drug-likeness (QED) is 0.498. The molecule has 1 aliphatic heterocycles. The Morgan fingerprint density at radius 2 is 1.97 bits per heavy atom. The molecule has 1 N–H and O–H groups in total. The largest absolute Gasteiger partial charge is 0.465 e. The summed E-state index contributed by atoms with van der Waals surface area (Å²) < 4.78 is 6.83. The van der Waals surface area contributed by atoms with Crippen LogP contribution in [0.4, 0.5) is 5.69 Å². The summed E-state index contributed by atoms with van der Waals surface area (Å²) in [4.78, 5) is 24.1. The van der Waals surface area contributed by atoms with Gasteiger partial charge in [0.15, 0.2) is 11.0 Å². The van der Waals surface area contributed by atoms with E-state index in [1.165, 1.54) is 24.4 Å². The van der Waals surface area contributed by atoms with E-state index in [0.29, 0.717) is 16.4 Å². The molecular formula is C22H22N4O3S. The van der Waals surface area contributed by atoms with Gasteiger partial charge in [0.1, 0.15) is 0 Å². The highest BCUT2D eigenvalue weighted by Crippen LogP contribution is 2.39. The van der Waals surface area contributed by atoms with Crippen LogP contribution in [0.1, 0.15) is 29.8 Å². The topological polar surface area (TPSA) is 86.1 Å². The van der Waals surface area contributed by atoms with Crippen molar-refractivity contribution in [1.29, 1.82) is 0 Å². The van der Waals surface area contributed by atoms with Gasteiger partial charge in [-0.2, -0.15) is 0 Å². The molecule has 2 aromatic carbocycles. The molecule has 2 heterocycles. The van der Waals surface area contributed by atoms with Crippen molar-refractivity contribution in [1.82, 2.24) is 14.8 Å². The number of aromatic nitrogens is 3. The Morgan fingerprint density at radius 3 is 2.77 bits per heavy atom. The van der Waals surface area contributed by atoms with Gasteiger partial charge in [-0.3, -0.25) is 9.36 Å². The fourth-order valence-corrected chi connectivity index (χ4v) is 4.58. The molecule has 0 radical (unpaired) electrons. The number of rotatable bonds is 5. The number of nitrogens with zero attached hydrogens (tertiary/aromatic N) is 3. The number of amides is 1. The zero-order valence-electron chi connectivity index (χ0n) is 17.0. The summed E-state index contributed by atoms with van der Waals surface area (Å²) in [6.45, 7) is 4.30. The summed E-state index contributed by atoms with van der Waals surface area (Å²) in [5.74, 6) is 0.375. The van der Waals surface area contributed by atoms with E-state index in [2.05, 4.69) is 46.1 Å². The van der Waals surface area contributed by atoms with Gasteiger partial charge in [-0.05, 0) is 44.0 Å². The summed E-state index contributed by atoms with van der Waals surface area (Å²) >= 11 is 1.35. The van der Waals surface area contributed by atoms with Crippen molar-refractivity contribution < 1.29 is 14.3 Å². The fourth-order valence-electron chi connectivity index (χ4n) is 3.69. The van der Waals surface area contributed by atoms with E-state index in [1.54, 1.807) is 24.3 Å². The van der Waals surface area contributed by atoms with E-state index in [1.807, 2.05) is 12.1 Å². The number of ether oxygens (including phenoxy) is 1. The first-order chi connectivity index (χ1) is 14.4. The number of esters is 1. The van der Waals surface area contributed by atoms with Gasteiger partial charge in [-0.15, -0.1) is 10.2 Å². The third-order valence-corrected chi connectivity index (χ3v) is 5.95. The summed E-state index contributed by atoms with van der Waals surface area (Å²) in [6, 6.07) is 14.9. The highest BCUT2D eigenvalue weighted by atomic mass is 32.2. The Morgan fingerprint density at radius 1 is 1.17 bits per heavy atom. The first kappa shape index (κ1) is 20.2. The van der Waals surface area contributed by atoms with Crippen molar-refractivity contribution >= 4 is 29.3 Å². The van der Waals surface area contributed by atoms with Crippen LogP contribution in [-0.4, -0.2) is 39.5 Å². The molecular weight excluding hydrogens is 400 g/mol. The van der Waals surface area contributed by atoms with Gasteiger partial charge in [0, 0.05) is 16.8 Å². The molecule has 8 heteroatoms. The Kier molecular flexibility index (Phi) is 5.34. The van der Waals surface area contributed by atoms with Crippen LogP contribution in [-0.2, 0) is 21.5 Å². The van der Waals surface area contributed by atoms with Crippen LogP contribution in [0.15, 0.2) is 53.7 Å². The Hall–Kier alpha value is -3.13. The molecule has 0 spiro atoms. The minimum absolute atomic E-state index is 0.179. The molecule has 0 fully saturated rings. The number of carbonyl (C=O) groups excluding carboxylic acids is 2. The van der Waals surface area contributed by atoms with E-state index < -0.39 is 5.97 Å². The van der Waals surface area contributed by atoms with E-state index in [-0.39, 0.29) is 17.2 Å². The second kappa shape index (κ2) is 7.95. The number of hydrogen-bond donors (Lipinski definition) is 1. The van der Waals surface area contributed by atoms with E-state index in [0.717, 1.165) is 17.8 Å². The first-order valence-corrected chi connectivity index (χ1v) is 10.5. The lowest BCUT2D eigenvalue weighted by molar-refractivity contribution is -0.113. The molecule has 0 bridgehead atoms. The molecule has 4 rings (SSSR count). The van der Waals surface area contributed by atoms with Crippen LogP contribution in [0.25, 0.3) is 11.4 Å². The Balaban J connectivity index is 1.49. The second-order valence-corrected chi connectivity index (χ2v) is 8.64. The standard InChI is InChI=1S/C22H22N4O3S/c1-22(2)12-15-7-4-5-10-17(15)19-24-25-21(26(19)22)30-13-18(27)23-16-9-6-8-14(11-16)20(28)29-3/h4-11H,12-13H2,1-3H3,(H,23,27). The van der Waals surface area contributed by atoms with Gasteiger partial charge in [-0.25, -0.2) is 4.79 Å². The Labute approximate surface area is 178 Å². The average molecular weight is 423 g/mol. The zero-order valence-corrected chi connectivity index (χ0v) is 17.8. The van der Waals surface area contributed by atoms with Gasteiger partial charge in [0.05, 0.1) is 18.4 Å². The van der Waals surface area contributed by atoms with E-state index in [4.69, 9.17) is 4.74 Å². The summed E-state index contributed by atoms with van der Waals surface area (Å²) in [6.07, 6.45) is 0.869. The van der Waals surface area contributed by atoms with Gasteiger partial charge < -0.3 is 10.1 Å². The highest BCUT2D eigenvalue weighted by Gasteiger charge is 2.34. The van der Waals surface area contributed by atoms with Crippen molar-refractivity contribution in [2.75, 3.05) is 18.2 Å². The number of thioether (sulfide) groups is 1. The molecule has 0 aliphatic carbocycles. The van der Waals surface area contributed by atoms with E-state index in [9.17, 15) is 9.59 Å². The minimum atomic E-state index is -0.446. The number of fused-ring (bicyclic) bond motifs is 3. The first-order valence-electron chi connectivity index (χ1n) is 9.54. The second-order valence-electron chi connectivity index (χ2n) is 7.70. The smallest absolute Gasteiger partial charge is 0.337 e. The summed E-state index contributed by atoms with van der Waals surface area (Å²) in [5.41, 5.74) is 3.07. The predicted octanol–water partition coefficient (Wildman–Crippen LogP) is 3.75. The van der Waals surface area contributed by atoms with Gasteiger partial charge in [0.2, 0.25) is 5.91 Å². The summed E-state index contributed by atoms with van der Waals surface area (Å²) in [5, 5.41) is 12.3. The Bertz CT molecular complexity index is 1120. The molecule has 1 aromatic heterocycles. The van der Waals surface area contributed by atoms with Crippen molar-refractivity contribution in [2.45, 2.75) is 31.0 Å². The normalized spacial score (nSPS) is 13.8. The molecule has 7 nitrogen and oxygen atoms in total. The van der Waals surface area contributed by atoms with Crippen LogP contribution < -0.4 is 5.32 Å². The lowest BCUT2D eigenvalue weighted by atomic mass is 9.87. The molecule has 154 valence electrons. The monoisotopic (exact) mass is 422 g/mol. The maximum absolute atomic E-state index is 12.5. The van der Waals surface area contributed by atoms with Crippen molar-refractivity contribution in [3.63, 3.8) is 0 Å². The van der Waals surface area contributed by atoms with Crippen LogP contribution in [0.3, 0.4) is 0 Å². The average Bonchev–Trinajstić information content (AvgIpc) is 3.17. The molecule has 0 unspecified atom stereocenters. The molecule has 1 aliphatic rings. The van der Waals surface area contributed by atoms with Crippen molar-refractivity contribution in [3.8, 4) is 11.4 Å². The zero-order chi connectivity index (χ0) is 21.3. The van der Waals surface area contributed by atoms with Crippen LogP contribution in [0, 0.1) is 0 Å². The number of nitrogens with one attached hydrogen (secondary N) is 1. The van der Waals surface area contributed by atoms with Gasteiger partial charge in [0.25, 0.3) is 0 Å². The highest BCUT2D eigenvalue weighted by molar-refractivity contribution is 7.99. The van der Waals surface area contributed by atoms with Crippen molar-refractivity contribution in [2.24, 2.45) is 0 Å². The number of benzene rings is 2. The number of carbonyl (C=O) groups is 2. The third kappa shape index (κ3) is 3.82. The third-order valence-electron chi connectivity index (χ3n) is 5.02. The van der Waals surface area contributed by atoms with E-state index >= 15 is 0 Å². The summed E-state index contributed by atoms with van der Waals surface area (Å²) in [7, 11) is 1.32. The lowest BCUT2D eigenvalue weighted by Gasteiger charge is -2.34. The van der Waals surface area contributed by atoms with Crippen LogP contribution >= 0.6 is 11.8 Å². The molecule has 30 heavy (non-hydrogen) atoms. The lowest BCUT2D eigenvalue weighted by Crippen LogP contribution is -2.33. The molecule has 3 aromatic rings. The van der Waals surface area contributed by atoms with Gasteiger partial charge >= 0.3 is 5.97 Å². The number of anilines is 1. The van der Waals surface area contributed by atoms with Crippen LogP contribution in [0.5, 0.6) is 0 Å². The SMILES string of the molecule is COC(=O)c1cccc(NC(=O)CSc2nnc3n2C(C)(C)Cc2ccccc2-3)c1. The maximum atomic E-state index is 12.5. The van der Waals surface area contributed by atoms with Crippen LogP contribution in [0.2, 0.25) is 0 Å². The van der Waals surface area contributed by atoms with Gasteiger partial charge in [-0.1, -0.05) is 42.1 Å². The molecule has 0 saturated carbocycles. The predicted molar refractivity (Wildman–Crippen MR) is 116 cm³/mol. The molecule has 1 amide bonds. The number of hydrogen-bond acceptors (Lipinski definition) is 6. The maximum Gasteiger partial charge on any atom is 0.337 e. The number of methoxy groups -OCH3 is 1. The molecule has 0 saturated heterocycles. The minimum Gasteiger partial charge on any atom is -0.465 e. The fraction of sp³-hybridized carbons (Fsp3) is 0.273.